The van der Waals surface area contributed by atoms with Gasteiger partial charge in [-0.1, -0.05) is 42.1 Å². The average Bonchev–Trinajstić information content (AvgIpc) is 3.29. The summed E-state index contributed by atoms with van der Waals surface area (Å²) in [6, 6.07) is 26.0. The van der Waals surface area contributed by atoms with Gasteiger partial charge in [-0.25, -0.2) is 0 Å². The average molecular weight is 462 g/mol. The maximum Gasteiger partial charge on any atom is 0.191 e. The van der Waals surface area contributed by atoms with Crippen LogP contribution in [0.3, 0.4) is 0 Å². The molecule has 0 fully saturated rings. The number of aromatic nitrogens is 3. The molecule has 7 heteroatoms. The number of methoxy groups -OCH3 is 2. The van der Waals surface area contributed by atoms with Crippen molar-refractivity contribution >= 4 is 11.8 Å². The monoisotopic (exact) mass is 461 g/mol. The van der Waals surface area contributed by atoms with Gasteiger partial charge < -0.3 is 18.8 Å². The molecule has 33 heavy (non-hydrogen) atoms. The highest BCUT2D eigenvalue weighted by Crippen LogP contribution is 2.26. The van der Waals surface area contributed by atoms with Crippen molar-refractivity contribution in [3.05, 3.63) is 84.4 Å². The van der Waals surface area contributed by atoms with E-state index in [9.17, 15) is 0 Å². The number of hydrogen-bond donors (Lipinski definition) is 0. The first-order valence-electron chi connectivity index (χ1n) is 10.8. The summed E-state index contributed by atoms with van der Waals surface area (Å²) >= 11 is 1.65. The van der Waals surface area contributed by atoms with Gasteiger partial charge in [-0.2, -0.15) is 0 Å². The summed E-state index contributed by atoms with van der Waals surface area (Å²) in [7, 11) is 3.32. The molecule has 4 rings (SSSR count). The fourth-order valence-electron chi connectivity index (χ4n) is 3.40. The van der Waals surface area contributed by atoms with Gasteiger partial charge >= 0.3 is 0 Å². The lowest BCUT2D eigenvalue weighted by molar-refractivity contribution is 0.342. The van der Waals surface area contributed by atoms with Gasteiger partial charge in [0.05, 0.1) is 20.8 Å². The van der Waals surface area contributed by atoms with Gasteiger partial charge in [0.1, 0.15) is 17.2 Å². The Bertz CT molecular complexity index is 1130. The van der Waals surface area contributed by atoms with Crippen molar-refractivity contribution in [3.63, 3.8) is 0 Å². The molecule has 0 aliphatic heterocycles. The second-order valence-corrected chi connectivity index (χ2v) is 8.36. The van der Waals surface area contributed by atoms with E-state index in [4.69, 9.17) is 14.2 Å². The predicted octanol–water partition coefficient (Wildman–Crippen LogP) is 5.38. The second-order valence-electron chi connectivity index (χ2n) is 7.29. The third-order valence-electron chi connectivity index (χ3n) is 5.17. The number of ether oxygens (including phenoxy) is 3. The summed E-state index contributed by atoms with van der Waals surface area (Å²) in [5, 5.41) is 9.88. The van der Waals surface area contributed by atoms with E-state index >= 15 is 0 Å². The topological polar surface area (TPSA) is 58.4 Å². The van der Waals surface area contributed by atoms with Gasteiger partial charge in [0.25, 0.3) is 0 Å². The van der Waals surface area contributed by atoms with Crippen LogP contribution in [0.1, 0.15) is 5.56 Å². The van der Waals surface area contributed by atoms with Gasteiger partial charge in [0.2, 0.25) is 0 Å². The van der Waals surface area contributed by atoms with Crippen molar-refractivity contribution in [2.24, 2.45) is 0 Å². The molecule has 0 unspecified atom stereocenters. The fourth-order valence-corrected chi connectivity index (χ4v) is 4.18. The van der Waals surface area contributed by atoms with E-state index in [-0.39, 0.29) is 0 Å². The van der Waals surface area contributed by atoms with Crippen LogP contribution in [-0.4, -0.2) is 41.3 Å². The van der Waals surface area contributed by atoms with Crippen LogP contribution >= 0.6 is 11.8 Å². The smallest absolute Gasteiger partial charge is 0.191 e. The molecule has 0 saturated heterocycles. The molecule has 170 valence electrons. The van der Waals surface area contributed by atoms with E-state index in [2.05, 4.69) is 39.0 Å². The molecule has 4 aromatic rings. The lowest BCUT2D eigenvalue weighted by Gasteiger charge is -2.11. The zero-order valence-electron chi connectivity index (χ0n) is 18.8. The van der Waals surface area contributed by atoms with E-state index in [0.29, 0.717) is 6.61 Å². The standard InChI is InChI=1S/C26H27N3O3S/c1-30-22-10-8-21(9-11-22)25-27-28-26(29(25)17-16-20-6-4-3-5-7-20)33-19-18-32-24-14-12-23(31-2)13-15-24/h3-15H,16-19H2,1-2H3. The van der Waals surface area contributed by atoms with Crippen LogP contribution in [0.2, 0.25) is 0 Å². The molecule has 0 radical (unpaired) electrons. The molecule has 0 bridgehead atoms. The summed E-state index contributed by atoms with van der Waals surface area (Å²) in [5.74, 6) is 4.07. The summed E-state index contributed by atoms with van der Waals surface area (Å²) in [5.41, 5.74) is 2.29. The quantitative estimate of drug-likeness (QED) is 0.221. The minimum Gasteiger partial charge on any atom is -0.497 e. The Balaban J connectivity index is 1.45. The molecule has 0 saturated carbocycles. The number of benzene rings is 3. The third kappa shape index (κ3) is 6.08. The Hall–Kier alpha value is -3.45. The molecule has 3 aromatic carbocycles. The normalized spacial score (nSPS) is 10.7. The summed E-state index contributed by atoms with van der Waals surface area (Å²) in [4.78, 5) is 0. The van der Waals surface area contributed by atoms with Crippen LogP contribution < -0.4 is 14.2 Å². The van der Waals surface area contributed by atoms with Gasteiger partial charge in [-0.15, -0.1) is 10.2 Å². The predicted molar refractivity (Wildman–Crippen MR) is 131 cm³/mol. The number of hydrogen-bond acceptors (Lipinski definition) is 6. The lowest BCUT2D eigenvalue weighted by Crippen LogP contribution is -2.07. The highest BCUT2D eigenvalue weighted by molar-refractivity contribution is 7.99. The molecule has 1 heterocycles. The Labute approximate surface area is 198 Å². The highest BCUT2D eigenvalue weighted by Gasteiger charge is 2.15. The van der Waals surface area contributed by atoms with Gasteiger partial charge in [0, 0.05) is 17.9 Å². The maximum atomic E-state index is 5.87. The summed E-state index contributed by atoms with van der Waals surface area (Å²) in [6.07, 6.45) is 0.901. The van der Waals surface area contributed by atoms with E-state index in [1.54, 1.807) is 26.0 Å². The molecule has 0 aliphatic carbocycles. The molecular formula is C26H27N3O3S. The van der Waals surface area contributed by atoms with Crippen molar-refractivity contribution in [1.82, 2.24) is 14.8 Å². The summed E-state index contributed by atoms with van der Waals surface area (Å²) < 4.78 is 18.5. The zero-order chi connectivity index (χ0) is 22.9. The lowest BCUT2D eigenvalue weighted by atomic mass is 10.1. The SMILES string of the molecule is COc1ccc(OCCSc2nnc(-c3ccc(OC)cc3)n2CCc2ccccc2)cc1. The van der Waals surface area contributed by atoms with Crippen molar-refractivity contribution in [3.8, 4) is 28.6 Å². The maximum absolute atomic E-state index is 5.87. The fraction of sp³-hybridized carbons (Fsp3) is 0.231. The minimum atomic E-state index is 0.570. The Morgan fingerprint density at radius 3 is 2.06 bits per heavy atom. The summed E-state index contributed by atoms with van der Waals surface area (Å²) in [6.45, 7) is 1.36. The van der Waals surface area contributed by atoms with E-state index in [1.807, 2.05) is 54.6 Å². The number of aryl methyl sites for hydroxylation is 1. The first-order valence-corrected chi connectivity index (χ1v) is 11.8. The van der Waals surface area contributed by atoms with E-state index in [0.717, 1.165) is 52.5 Å². The van der Waals surface area contributed by atoms with E-state index in [1.165, 1.54) is 5.56 Å². The van der Waals surface area contributed by atoms with Crippen molar-refractivity contribution < 1.29 is 14.2 Å². The molecule has 0 aliphatic rings. The largest absolute Gasteiger partial charge is 0.497 e. The van der Waals surface area contributed by atoms with Gasteiger partial charge in [0.15, 0.2) is 11.0 Å². The molecule has 0 atom stereocenters. The van der Waals surface area contributed by atoms with Gasteiger partial charge in [-0.3, -0.25) is 0 Å². The number of rotatable bonds is 11. The molecule has 0 spiro atoms. The van der Waals surface area contributed by atoms with Crippen LogP contribution in [0.15, 0.2) is 84.0 Å². The molecule has 1 aromatic heterocycles. The molecule has 0 amide bonds. The number of thioether (sulfide) groups is 1. The molecule has 6 nitrogen and oxygen atoms in total. The van der Waals surface area contributed by atoms with Crippen LogP contribution in [0.25, 0.3) is 11.4 Å². The Morgan fingerprint density at radius 2 is 1.39 bits per heavy atom. The Kier molecular flexibility index (Phi) is 7.87. The molecule has 0 N–H and O–H groups in total. The first kappa shape index (κ1) is 22.7. The van der Waals surface area contributed by atoms with Crippen molar-refractivity contribution in [2.75, 3.05) is 26.6 Å². The first-order chi connectivity index (χ1) is 16.3. The number of nitrogens with zero attached hydrogens (tertiary/aromatic N) is 3. The Morgan fingerprint density at radius 1 is 0.758 bits per heavy atom. The second kappa shape index (κ2) is 11.4. The van der Waals surface area contributed by atoms with Gasteiger partial charge in [-0.05, 0) is 60.5 Å². The zero-order valence-corrected chi connectivity index (χ0v) is 19.6. The highest BCUT2D eigenvalue weighted by atomic mass is 32.2. The van der Waals surface area contributed by atoms with E-state index < -0.39 is 0 Å². The van der Waals surface area contributed by atoms with Crippen LogP contribution in [-0.2, 0) is 13.0 Å². The van der Waals surface area contributed by atoms with Crippen molar-refractivity contribution in [2.45, 2.75) is 18.1 Å². The molecular weight excluding hydrogens is 434 g/mol. The van der Waals surface area contributed by atoms with Crippen molar-refractivity contribution in [1.29, 1.82) is 0 Å². The third-order valence-corrected chi connectivity index (χ3v) is 6.11. The van der Waals surface area contributed by atoms with Crippen LogP contribution in [0, 0.1) is 0 Å². The van der Waals surface area contributed by atoms with Crippen LogP contribution in [0.5, 0.6) is 17.2 Å². The minimum absolute atomic E-state index is 0.570. The van der Waals surface area contributed by atoms with Crippen LogP contribution in [0.4, 0.5) is 0 Å².